The second-order valence-electron chi connectivity index (χ2n) is 7.46. The van der Waals surface area contributed by atoms with E-state index in [4.69, 9.17) is 4.42 Å². The number of alkyl halides is 3. The first-order valence-electron chi connectivity index (χ1n) is 8.62. The van der Waals surface area contributed by atoms with Gasteiger partial charge in [-0.3, -0.25) is 9.59 Å². The Labute approximate surface area is 162 Å². The van der Waals surface area contributed by atoms with Crippen molar-refractivity contribution in [1.29, 1.82) is 0 Å². The highest BCUT2D eigenvalue weighted by Gasteiger charge is 2.30. The van der Waals surface area contributed by atoms with Gasteiger partial charge in [0.15, 0.2) is 6.39 Å². The van der Waals surface area contributed by atoms with Crippen LogP contribution in [0, 0.1) is 0 Å². The molecule has 2 heterocycles. The SMILES string of the molecule is CC(C)(C)c1ocnc1/C=c1\[nH]c(=O)/c(=C/c2cccc(C(F)(F)F)c2)[nH]c1=O. The van der Waals surface area contributed by atoms with E-state index < -0.39 is 22.9 Å². The number of halogens is 3. The number of aromatic nitrogens is 3. The fourth-order valence-electron chi connectivity index (χ4n) is 2.72. The second kappa shape index (κ2) is 7.23. The lowest BCUT2D eigenvalue weighted by molar-refractivity contribution is -0.137. The van der Waals surface area contributed by atoms with Crippen LogP contribution >= 0.6 is 0 Å². The summed E-state index contributed by atoms with van der Waals surface area (Å²) >= 11 is 0. The zero-order chi connectivity index (χ0) is 21.4. The van der Waals surface area contributed by atoms with Gasteiger partial charge in [0.05, 0.1) is 5.56 Å². The molecule has 0 atom stereocenters. The maximum Gasteiger partial charge on any atom is 0.416 e. The number of aromatic amines is 2. The van der Waals surface area contributed by atoms with Gasteiger partial charge in [-0.1, -0.05) is 32.9 Å². The van der Waals surface area contributed by atoms with Gasteiger partial charge in [-0.15, -0.1) is 0 Å². The number of hydrogen-bond acceptors (Lipinski definition) is 4. The fraction of sp³-hybridized carbons (Fsp3) is 0.250. The van der Waals surface area contributed by atoms with Crippen LogP contribution < -0.4 is 21.8 Å². The molecule has 0 bridgehead atoms. The number of hydrogen-bond donors (Lipinski definition) is 2. The molecular weight excluding hydrogens is 387 g/mol. The number of benzene rings is 1. The Balaban J connectivity index is 2.11. The van der Waals surface area contributed by atoms with Crippen LogP contribution in [0.3, 0.4) is 0 Å². The third-order valence-electron chi connectivity index (χ3n) is 4.07. The lowest BCUT2D eigenvalue weighted by Crippen LogP contribution is -2.46. The van der Waals surface area contributed by atoms with Gasteiger partial charge in [0.1, 0.15) is 22.2 Å². The maximum absolute atomic E-state index is 12.8. The minimum absolute atomic E-state index is 0.0457. The monoisotopic (exact) mass is 405 g/mol. The number of oxazole rings is 1. The van der Waals surface area contributed by atoms with Crippen molar-refractivity contribution in [2.24, 2.45) is 0 Å². The topological polar surface area (TPSA) is 91.8 Å². The van der Waals surface area contributed by atoms with Crippen molar-refractivity contribution in [1.82, 2.24) is 15.0 Å². The quantitative estimate of drug-likeness (QED) is 0.683. The van der Waals surface area contributed by atoms with Gasteiger partial charge in [0.25, 0.3) is 11.1 Å². The Kier molecular flexibility index (Phi) is 5.08. The number of rotatable bonds is 2. The van der Waals surface area contributed by atoms with E-state index in [1.807, 2.05) is 20.8 Å². The average Bonchev–Trinajstić information content (AvgIpc) is 3.07. The molecule has 0 unspecified atom stereocenters. The molecule has 0 radical (unpaired) electrons. The summed E-state index contributed by atoms with van der Waals surface area (Å²) in [5.74, 6) is 0.539. The molecule has 0 aliphatic carbocycles. The van der Waals surface area contributed by atoms with Crippen LogP contribution in [-0.4, -0.2) is 15.0 Å². The Morgan fingerprint density at radius 1 is 1.00 bits per heavy atom. The summed E-state index contributed by atoms with van der Waals surface area (Å²) in [5.41, 5.74) is -1.97. The lowest BCUT2D eigenvalue weighted by atomic mass is 9.92. The van der Waals surface area contributed by atoms with E-state index in [9.17, 15) is 22.8 Å². The van der Waals surface area contributed by atoms with Crippen molar-refractivity contribution in [3.05, 3.63) is 84.6 Å². The molecule has 0 amide bonds. The van der Waals surface area contributed by atoms with Crippen LogP contribution in [-0.2, 0) is 11.6 Å². The maximum atomic E-state index is 12.8. The Bertz CT molecular complexity index is 1280. The van der Waals surface area contributed by atoms with Crippen LogP contribution in [0.5, 0.6) is 0 Å². The number of nitrogens with one attached hydrogen (secondary N) is 2. The molecule has 1 aromatic carbocycles. The van der Waals surface area contributed by atoms with Crippen molar-refractivity contribution in [3.8, 4) is 0 Å². The van der Waals surface area contributed by atoms with Gasteiger partial charge in [-0.05, 0) is 29.8 Å². The van der Waals surface area contributed by atoms with Gasteiger partial charge in [0.2, 0.25) is 0 Å². The molecule has 2 N–H and O–H groups in total. The highest BCUT2D eigenvalue weighted by atomic mass is 19.4. The van der Waals surface area contributed by atoms with Crippen LogP contribution in [0.1, 0.15) is 43.4 Å². The first-order chi connectivity index (χ1) is 13.4. The first kappa shape index (κ1) is 20.4. The average molecular weight is 405 g/mol. The van der Waals surface area contributed by atoms with E-state index in [2.05, 4.69) is 15.0 Å². The third kappa shape index (κ3) is 4.56. The molecule has 0 aliphatic rings. The number of H-pyrrole nitrogens is 2. The molecule has 0 fully saturated rings. The summed E-state index contributed by atoms with van der Waals surface area (Å²) in [6.07, 6.45) is -0.701. The van der Waals surface area contributed by atoms with Crippen LogP contribution in [0.2, 0.25) is 0 Å². The highest BCUT2D eigenvalue weighted by molar-refractivity contribution is 5.50. The molecule has 0 aliphatic heterocycles. The zero-order valence-electron chi connectivity index (χ0n) is 15.8. The van der Waals surface area contributed by atoms with E-state index in [1.54, 1.807) is 0 Å². The Hall–Kier alpha value is -3.36. The summed E-state index contributed by atoms with van der Waals surface area (Å²) in [5, 5.41) is -0.210. The summed E-state index contributed by atoms with van der Waals surface area (Å²) in [6.45, 7) is 5.72. The first-order valence-corrected chi connectivity index (χ1v) is 8.62. The molecular formula is C20H18F3N3O3. The van der Waals surface area contributed by atoms with E-state index >= 15 is 0 Å². The normalized spacial score (nSPS) is 13.9. The molecule has 2 aromatic heterocycles. The molecule has 9 heteroatoms. The largest absolute Gasteiger partial charge is 0.447 e. The van der Waals surface area contributed by atoms with Crippen LogP contribution in [0.25, 0.3) is 12.2 Å². The van der Waals surface area contributed by atoms with Crippen molar-refractivity contribution >= 4 is 12.2 Å². The molecule has 29 heavy (non-hydrogen) atoms. The predicted octanol–water partition coefficient (Wildman–Crippen LogP) is 2.03. The van der Waals surface area contributed by atoms with Crippen LogP contribution in [0.15, 0.2) is 44.7 Å². The standard InChI is InChI=1S/C20H18F3N3O3/c1-19(2,3)16-13(24-10-29-16)9-15-18(28)25-14(17(27)26-15)8-11-5-4-6-12(7-11)20(21,22)23/h4-10H,1-3H3,(H,25,28)(H,26,27)/b14-8-,15-9-. The smallest absolute Gasteiger partial charge is 0.416 e. The second-order valence-corrected chi connectivity index (χ2v) is 7.46. The summed E-state index contributed by atoms with van der Waals surface area (Å²) in [6, 6.07) is 4.44. The molecule has 0 spiro atoms. The highest BCUT2D eigenvalue weighted by Crippen LogP contribution is 2.29. The van der Waals surface area contributed by atoms with E-state index in [-0.39, 0.29) is 21.7 Å². The van der Waals surface area contributed by atoms with E-state index in [0.717, 1.165) is 12.1 Å². The number of nitrogens with zero attached hydrogens (tertiary/aromatic N) is 1. The van der Waals surface area contributed by atoms with E-state index in [0.29, 0.717) is 11.5 Å². The van der Waals surface area contributed by atoms with Gasteiger partial charge in [-0.25, -0.2) is 4.98 Å². The van der Waals surface area contributed by atoms with Crippen molar-refractivity contribution in [2.45, 2.75) is 32.4 Å². The molecule has 3 aromatic rings. The molecule has 3 rings (SSSR count). The summed E-state index contributed by atoms with van der Waals surface area (Å²) in [7, 11) is 0. The van der Waals surface area contributed by atoms with Crippen molar-refractivity contribution in [3.63, 3.8) is 0 Å². The van der Waals surface area contributed by atoms with Gasteiger partial charge >= 0.3 is 6.18 Å². The predicted molar refractivity (Wildman–Crippen MR) is 101 cm³/mol. The molecule has 0 saturated heterocycles. The lowest BCUT2D eigenvalue weighted by Gasteiger charge is -2.14. The Morgan fingerprint density at radius 2 is 1.62 bits per heavy atom. The van der Waals surface area contributed by atoms with Crippen molar-refractivity contribution in [2.75, 3.05) is 0 Å². The van der Waals surface area contributed by atoms with E-state index in [1.165, 1.54) is 30.7 Å². The van der Waals surface area contributed by atoms with Crippen LogP contribution in [0.4, 0.5) is 13.2 Å². The van der Waals surface area contributed by atoms with Gasteiger partial charge < -0.3 is 14.4 Å². The third-order valence-corrected chi connectivity index (χ3v) is 4.07. The summed E-state index contributed by atoms with van der Waals surface area (Å²) in [4.78, 5) is 33.6. The molecule has 152 valence electrons. The van der Waals surface area contributed by atoms with Crippen molar-refractivity contribution < 1.29 is 17.6 Å². The minimum Gasteiger partial charge on any atom is -0.447 e. The molecule has 6 nitrogen and oxygen atoms in total. The Morgan fingerprint density at radius 3 is 2.21 bits per heavy atom. The molecule has 0 saturated carbocycles. The minimum atomic E-state index is -4.51. The van der Waals surface area contributed by atoms with Gasteiger partial charge in [-0.2, -0.15) is 13.2 Å². The zero-order valence-corrected chi connectivity index (χ0v) is 15.8. The fourth-order valence-corrected chi connectivity index (χ4v) is 2.72. The summed E-state index contributed by atoms with van der Waals surface area (Å²) < 4.78 is 43.9. The van der Waals surface area contributed by atoms with Gasteiger partial charge in [0, 0.05) is 5.41 Å².